The topological polar surface area (TPSA) is 55.8 Å². The van der Waals surface area contributed by atoms with Gasteiger partial charge in [-0.2, -0.15) is 0 Å². The minimum atomic E-state index is -0.282. The van der Waals surface area contributed by atoms with Crippen LogP contribution in [0, 0.1) is 6.92 Å². The van der Waals surface area contributed by atoms with E-state index in [1.165, 1.54) is 4.90 Å². The normalized spacial score (nSPS) is 15.2. The zero-order valence-electron chi connectivity index (χ0n) is 16.7. The number of rotatable bonds is 9. The van der Waals surface area contributed by atoms with Crippen LogP contribution in [0.5, 0.6) is 11.5 Å². The van der Waals surface area contributed by atoms with E-state index >= 15 is 0 Å². The van der Waals surface area contributed by atoms with Gasteiger partial charge in [0.1, 0.15) is 18.1 Å². The van der Waals surface area contributed by atoms with Gasteiger partial charge in [0.15, 0.2) is 0 Å². The minimum Gasteiger partial charge on any atom is -0.494 e. The monoisotopic (exact) mass is 411 g/mol. The molecule has 0 unspecified atom stereocenters. The highest BCUT2D eigenvalue weighted by atomic mass is 32.2. The molecule has 0 N–H and O–H groups in total. The van der Waals surface area contributed by atoms with Crippen molar-refractivity contribution in [3.05, 3.63) is 64.6 Å². The molecule has 5 nitrogen and oxygen atoms in total. The van der Waals surface area contributed by atoms with Crippen molar-refractivity contribution in [3.63, 3.8) is 0 Å². The molecule has 2 aromatic rings. The fourth-order valence-electron chi connectivity index (χ4n) is 2.73. The van der Waals surface area contributed by atoms with Gasteiger partial charge in [-0.3, -0.25) is 14.5 Å². The first kappa shape index (κ1) is 21.0. The number of ether oxygens (including phenoxy) is 2. The van der Waals surface area contributed by atoms with E-state index in [4.69, 9.17) is 9.47 Å². The molecule has 1 saturated heterocycles. The average molecular weight is 412 g/mol. The maximum absolute atomic E-state index is 12.6. The third kappa shape index (κ3) is 5.87. The largest absolute Gasteiger partial charge is 0.494 e. The SMILES string of the molecule is CCCCOc1ccc(/C=C2\SC(=O)N(CCOc3ccc(C)cc3)C2=O)cc1. The summed E-state index contributed by atoms with van der Waals surface area (Å²) in [5.74, 6) is 1.24. The van der Waals surface area contributed by atoms with Crippen LogP contribution in [0.3, 0.4) is 0 Å². The second-order valence-electron chi connectivity index (χ2n) is 6.77. The zero-order valence-corrected chi connectivity index (χ0v) is 17.5. The number of nitrogens with zero attached hydrogens (tertiary/aromatic N) is 1. The van der Waals surface area contributed by atoms with Gasteiger partial charge in [-0.05, 0) is 61.0 Å². The highest BCUT2D eigenvalue weighted by Crippen LogP contribution is 2.32. The highest BCUT2D eigenvalue weighted by molar-refractivity contribution is 8.18. The van der Waals surface area contributed by atoms with Crippen LogP contribution in [0.25, 0.3) is 6.08 Å². The molecule has 1 heterocycles. The molecule has 0 spiro atoms. The maximum Gasteiger partial charge on any atom is 0.293 e. The summed E-state index contributed by atoms with van der Waals surface area (Å²) < 4.78 is 11.3. The van der Waals surface area contributed by atoms with Crippen LogP contribution in [-0.4, -0.2) is 35.8 Å². The molecule has 1 fully saturated rings. The Hall–Kier alpha value is -2.73. The van der Waals surface area contributed by atoms with E-state index in [9.17, 15) is 9.59 Å². The first-order valence-corrected chi connectivity index (χ1v) is 10.6. The Balaban J connectivity index is 1.55. The minimum absolute atomic E-state index is 0.222. The van der Waals surface area contributed by atoms with Gasteiger partial charge < -0.3 is 9.47 Å². The molecule has 3 rings (SSSR count). The lowest BCUT2D eigenvalue weighted by Gasteiger charge is -2.13. The molecular weight excluding hydrogens is 386 g/mol. The molecule has 2 aromatic carbocycles. The van der Waals surface area contributed by atoms with Crippen molar-refractivity contribution in [2.45, 2.75) is 26.7 Å². The Morgan fingerprint density at radius 3 is 2.21 bits per heavy atom. The molecule has 1 aliphatic rings. The van der Waals surface area contributed by atoms with Crippen molar-refractivity contribution in [1.82, 2.24) is 4.90 Å². The van der Waals surface area contributed by atoms with E-state index in [2.05, 4.69) is 6.92 Å². The number of hydrogen-bond donors (Lipinski definition) is 0. The van der Waals surface area contributed by atoms with E-state index < -0.39 is 0 Å². The Labute approximate surface area is 175 Å². The summed E-state index contributed by atoms with van der Waals surface area (Å²) in [5.41, 5.74) is 2.00. The molecule has 29 heavy (non-hydrogen) atoms. The van der Waals surface area contributed by atoms with Crippen molar-refractivity contribution < 1.29 is 19.1 Å². The van der Waals surface area contributed by atoms with Gasteiger partial charge in [-0.1, -0.05) is 43.2 Å². The standard InChI is InChI=1S/C23H25NO4S/c1-3-4-14-27-20-11-7-18(8-12-20)16-21-22(25)24(23(26)29-21)13-15-28-19-9-5-17(2)6-10-19/h5-12,16H,3-4,13-15H2,1-2H3/b21-16-. The number of benzene rings is 2. The molecule has 1 aliphatic heterocycles. The van der Waals surface area contributed by atoms with E-state index in [0.29, 0.717) is 11.5 Å². The Morgan fingerprint density at radius 1 is 0.931 bits per heavy atom. The summed E-state index contributed by atoms with van der Waals surface area (Å²) >= 11 is 0.958. The number of hydrogen-bond acceptors (Lipinski definition) is 5. The molecule has 152 valence electrons. The maximum atomic E-state index is 12.6. The van der Waals surface area contributed by atoms with Crippen LogP contribution < -0.4 is 9.47 Å². The van der Waals surface area contributed by atoms with Crippen molar-refractivity contribution >= 4 is 29.0 Å². The Bertz CT molecular complexity index is 875. The van der Waals surface area contributed by atoms with E-state index in [-0.39, 0.29) is 24.3 Å². The van der Waals surface area contributed by atoms with Crippen molar-refractivity contribution in [2.75, 3.05) is 19.8 Å². The van der Waals surface area contributed by atoms with Crippen LogP contribution in [-0.2, 0) is 4.79 Å². The Kier molecular flexibility index (Phi) is 7.36. The molecular formula is C23H25NO4S. The molecule has 0 radical (unpaired) electrons. The van der Waals surface area contributed by atoms with Gasteiger partial charge in [0.25, 0.3) is 11.1 Å². The summed E-state index contributed by atoms with van der Waals surface area (Å²) in [6, 6.07) is 15.2. The summed E-state index contributed by atoms with van der Waals surface area (Å²) in [6.45, 7) is 5.30. The van der Waals surface area contributed by atoms with Gasteiger partial charge in [-0.25, -0.2) is 0 Å². The van der Waals surface area contributed by atoms with Gasteiger partial charge in [0.2, 0.25) is 0 Å². The highest BCUT2D eigenvalue weighted by Gasteiger charge is 2.34. The fourth-order valence-corrected chi connectivity index (χ4v) is 3.59. The van der Waals surface area contributed by atoms with Crippen LogP contribution >= 0.6 is 11.8 Å². The summed E-state index contributed by atoms with van der Waals surface area (Å²) in [5, 5.41) is -0.270. The average Bonchev–Trinajstić information content (AvgIpc) is 2.98. The second-order valence-corrected chi connectivity index (χ2v) is 7.76. The van der Waals surface area contributed by atoms with Crippen molar-refractivity contribution in [2.24, 2.45) is 0 Å². The summed E-state index contributed by atoms with van der Waals surface area (Å²) in [7, 11) is 0. The molecule has 0 atom stereocenters. The van der Waals surface area contributed by atoms with Crippen LogP contribution in [0.1, 0.15) is 30.9 Å². The summed E-state index contributed by atoms with van der Waals surface area (Å²) in [4.78, 5) is 26.5. The van der Waals surface area contributed by atoms with Gasteiger partial charge in [0, 0.05) is 0 Å². The predicted molar refractivity (Wildman–Crippen MR) is 116 cm³/mol. The third-order valence-corrected chi connectivity index (χ3v) is 5.33. The van der Waals surface area contributed by atoms with E-state index in [0.717, 1.165) is 47.2 Å². The second kappa shape index (κ2) is 10.2. The molecule has 0 aromatic heterocycles. The zero-order chi connectivity index (χ0) is 20.6. The van der Waals surface area contributed by atoms with Gasteiger partial charge >= 0.3 is 0 Å². The third-order valence-electron chi connectivity index (χ3n) is 4.42. The number of amides is 2. The lowest BCUT2D eigenvalue weighted by atomic mass is 10.2. The molecule has 0 bridgehead atoms. The van der Waals surface area contributed by atoms with Crippen LogP contribution in [0.4, 0.5) is 4.79 Å². The lowest BCUT2D eigenvalue weighted by molar-refractivity contribution is -0.123. The number of imide groups is 1. The van der Waals surface area contributed by atoms with Gasteiger partial charge in [0.05, 0.1) is 18.1 Å². The number of unbranched alkanes of at least 4 members (excludes halogenated alkanes) is 1. The smallest absolute Gasteiger partial charge is 0.293 e. The summed E-state index contributed by atoms with van der Waals surface area (Å²) in [6.07, 6.45) is 3.84. The number of carbonyl (C=O) groups is 2. The van der Waals surface area contributed by atoms with Crippen LogP contribution in [0.2, 0.25) is 0 Å². The number of aryl methyl sites for hydroxylation is 1. The predicted octanol–water partition coefficient (Wildman–Crippen LogP) is 5.29. The first-order chi connectivity index (χ1) is 14.1. The molecule has 0 aliphatic carbocycles. The number of thioether (sulfide) groups is 1. The quantitative estimate of drug-likeness (QED) is 0.415. The number of carbonyl (C=O) groups excluding carboxylic acids is 2. The molecule has 6 heteroatoms. The molecule has 2 amide bonds. The van der Waals surface area contributed by atoms with Gasteiger partial charge in [-0.15, -0.1) is 0 Å². The van der Waals surface area contributed by atoms with Crippen molar-refractivity contribution in [3.8, 4) is 11.5 Å². The van der Waals surface area contributed by atoms with Crippen molar-refractivity contribution in [1.29, 1.82) is 0 Å². The fraction of sp³-hybridized carbons (Fsp3) is 0.304. The molecule has 0 saturated carbocycles. The lowest BCUT2D eigenvalue weighted by Crippen LogP contribution is -2.32. The first-order valence-electron chi connectivity index (χ1n) is 9.74. The van der Waals surface area contributed by atoms with E-state index in [1.54, 1.807) is 6.08 Å². The Morgan fingerprint density at radius 2 is 1.55 bits per heavy atom. The van der Waals surface area contributed by atoms with E-state index in [1.807, 2.05) is 55.5 Å². The van der Waals surface area contributed by atoms with Crippen LogP contribution in [0.15, 0.2) is 53.4 Å².